The van der Waals surface area contributed by atoms with Crippen LogP contribution >= 0.6 is 11.6 Å². The molecule has 1 N–H and O–H groups in total. The van der Waals surface area contributed by atoms with Crippen LogP contribution in [0.4, 0.5) is 11.4 Å². The Hall–Kier alpha value is -3.57. The molecule has 150 valence electrons. The lowest BCUT2D eigenvalue weighted by atomic mass is 10.0. The largest absolute Gasteiger partial charge is 0.497 e. The second kappa shape index (κ2) is 8.05. The van der Waals surface area contributed by atoms with Crippen LogP contribution in [0.25, 0.3) is 5.57 Å². The molecule has 2 amide bonds. The van der Waals surface area contributed by atoms with Crippen LogP contribution in [0.5, 0.6) is 5.75 Å². The standard InChI is InChI=1S/C24H19ClN2O3/c1-15-6-12-18(13-7-15)26-22-21(16-8-10-17(25)11-9-16)23(28)27(24(22)29)19-4-3-5-20(14-19)30-2/h3-14,26H,1-2H3. The lowest BCUT2D eigenvalue weighted by Gasteiger charge is -2.16. The van der Waals surface area contributed by atoms with Crippen LogP contribution in [0.1, 0.15) is 11.1 Å². The summed E-state index contributed by atoms with van der Waals surface area (Å²) in [4.78, 5) is 27.9. The fraction of sp³-hybridized carbons (Fsp3) is 0.0833. The summed E-state index contributed by atoms with van der Waals surface area (Å²) in [5.41, 5.74) is 3.37. The van der Waals surface area contributed by atoms with E-state index < -0.39 is 11.8 Å². The third-order valence-electron chi connectivity index (χ3n) is 4.85. The highest BCUT2D eigenvalue weighted by molar-refractivity contribution is 6.46. The van der Waals surface area contributed by atoms with Crippen molar-refractivity contribution < 1.29 is 14.3 Å². The van der Waals surface area contributed by atoms with E-state index in [1.165, 1.54) is 7.11 Å². The smallest absolute Gasteiger partial charge is 0.282 e. The van der Waals surface area contributed by atoms with Crippen molar-refractivity contribution in [3.8, 4) is 5.75 Å². The molecule has 6 heteroatoms. The fourth-order valence-corrected chi connectivity index (χ4v) is 3.42. The molecule has 5 nitrogen and oxygen atoms in total. The quantitative estimate of drug-likeness (QED) is 0.589. The number of nitrogens with zero attached hydrogens (tertiary/aromatic N) is 1. The Balaban J connectivity index is 1.81. The molecular formula is C24H19ClN2O3. The number of ether oxygens (including phenoxy) is 1. The average molecular weight is 419 g/mol. The molecule has 0 spiro atoms. The molecule has 0 aliphatic carbocycles. The van der Waals surface area contributed by atoms with Crippen LogP contribution < -0.4 is 15.0 Å². The number of imide groups is 1. The molecule has 1 aliphatic heterocycles. The van der Waals surface area contributed by atoms with Gasteiger partial charge >= 0.3 is 0 Å². The number of carbonyl (C=O) groups excluding carboxylic acids is 2. The summed E-state index contributed by atoms with van der Waals surface area (Å²) in [5, 5.41) is 3.69. The van der Waals surface area contributed by atoms with Gasteiger partial charge in [-0.15, -0.1) is 0 Å². The van der Waals surface area contributed by atoms with E-state index in [1.807, 2.05) is 31.2 Å². The Labute approximate surface area is 179 Å². The highest BCUT2D eigenvalue weighted by Crippen LogP contribution is 2.35. The van der Waals surface area contributed by atoms with Crippen LogP contribution in [0, 0.1) is 6.92 Å². The van der Waals surface area contributed by atoms with Crippen LogP contribution in [0.15, 0.2) is 78.5 Å². The number of hydrogen-bond donors (Lipinski definition) is 1. The molecule has 0 saturated heterocycles. The Morgan fingerprint density at radius 3 is 2.27 bits per heavy atom. The van der Waals surface area contributed by atoms with Crippen LogP contribution in [0.2, 0.25) is 5.02 Å². The number of amides is 2. The molecule has 0 bridgehead atoms. The topological polar surface area (TPSA) is 58.6 Å². The predicted molar refractivity (Wildman–Crippen MR) is 119 cm³/mol. The number of carbonyl (C=O) groups is 2. The number of anilines is 2. The van der Waals surface area contributed by atoms with Gasteiger partial charge in [-0.3, -0.25) is 9.59 Å². The number of benzene rings is 3. The Kier molecular flexibility index (Phi) is 5.29. The van der Waals surface area contributed by atoms with Crippen molar-refractivity contribution in [2.45, 2.75) is 6.92 Å². The van der Waals surface area contributed by atoms with Gasteiger partial charge in [0.1, 0.15) is 11.4 Å². The minimum absolute atomic E-state index is 0.217. The van der Waals surface area contributed by atoms with E-state index in [4.69, 9.17) is 16.3 Å². The van der Waals surface area contributed by atoms with Gasteiger partial charge < -0.3 is 10.1 Å². The summed E-state index contributed by atoms with van der Waals surface area (Å²) in [5.74, 6) is -0.287. The predicted octanol–water partition coefficient (Wildman–Crippen LogP) is 5.05. The minimum atomic E-state index is -0.432. The SMILES string of the molecule is COc1cccc(N2C(=O)C(Nc3ccc(C)cc3)=C(c3ccc(Cl)cc3)C2=O)c1. The van der Waals surface area contributed by atoms with E-state index in [0.29, 0.717) is 27.6 Å². The lowest BCUT2D eigenvalue weighted by molar-refractivity contribution is -0.120. The normalized spacial score (nSPS) is 13.8. The molecule has 1 aliphatic rings. The molecule has 0 aromatic heterocycles. The Morgan fingerprint density at radius 2 is 1.60 bits per heavy atom. The molecule has 3 aromatic rings. The first-order chi connectivity index (χ1) is 14.5. The average Bonchev–Trinajstić information content (AvgIpc) is 3.00. The van der Waals surface area contributed by atoms with E-state index in [9.17, 15) is 9.59 Å². The van der Waals surface area contributed by atoms with Crippen LogP contribution in [-0.4, -0.2) is 18.9 Å². The summed E-state index contributed by atoms with van der Waals surface area (Å²) < 4.78 is 5.25. The van der Waals surface area contributed by atoms with E-state index in [1.54, 1.807) is 48.5 Å². The number of aryl methyl sites for hydroxylation is 1. The molecule has 4 rings (SSSR count). The van der Waals surface area contributed by atoms with Crippen molar-refractivity contribution in [1.29, 1.82) is 0 Å². The van der Waals surface area contributed by atoms with Crippen LogP contribution in [-0.2, 0) is 9.59 Å². The first-order valence-electron chi connectivity index (χ1n) is 9.34. The van der Waals surface area contributed by atoms with Crippen molar-refractivity contribution in [3.05, 3.63) is 94.6 Å². The number of rotatable bonds is 5. The maximum absolute atomic E-state index is 13.4. The maximum Gasteiger partial charge on any atom is 0.282 e. The van der Waals surface area contributed by atoms with E-state index in [0.717, 1.165) is 16.2 Å². The molecular weight excluding hydrogens is 400 g/mol. The number of methoxy groups -OCH3 is 1. The molecule has 0 fully saturated rings. The van der Waals surface area contributed by atoms with Gasteiger partial charge in [0.05, 0.1) is 18.4 Å². The van der Waals surface area contributed by atoms with Gasteiger partial charge in [0.25, 0.3) is 11.8 Å². The van der Waals surface area contributed by atoms with Crippen molar-refractivity contribution in [2.75, 3.05) is 17.3 Å². The molecule has 1 heterocycles. The molecule has 0 saturated carbocycles. The summed E-state index contributed by atoms with van der Waals surface area (Å²) in [7, 11) is 1.54. The monoisotopic (exact) mass is 418 g/mol. The van der Waals surface area contributed by atoms with Gasteiger partial charge in [-0.1, -0.05) is 47.5 Å². The van der Waals surface area contributed by atoms with Crippen molar-refractivity contribution in [2.24, 2.45) is 0 Å². The van der Waals surface area contributed by atoms with Crippen molar-refractivity contribution in [1.82, 2.24) is 0 Å². The molecule has 0 unspecified atom stereocenters. The van der Waals surface area contributed by atoms with Crippen molar-refractivity contribution in [3.63, 3.8) is 0 Å². The molecule has 0 radical (unpaired) electrons. The summed E-state index contributed by atoms with van der Waals surface area (Å²) in [6.07, 6.45) is 0. The highest BCUT2D eigenvalue weighted by Gasteiger charge is 2.40. The van der Waals surface area contributed by atoms with Gasteiger partial charge in [0.2, 0.25) is 0 Å². The summed E-state index contributed by atoms with van der Waals surface area (Å²) in [6, 6.07) is 21.3. The number of hydrogen-bond acceptors (Lipinski definition) is 4. The zero-order chi connectivity index (χ0) is 21.3. The van der Waals surface area contributed by atoms with E-state index in [-0.39, 0.29) is 5.70 Å². The zero-order valence-corrected chi connectivity index (χ0v) is 17.2. The van der Waals surface area contributed by atoms with Crippen LogP contribution in [0.3, 0.4) is 0 Å². The lowest BCUT2D eigenvalue weighted by Crippen LogP contribution is -2.32. The highest BCUT2D eigenvalue weighted by atomic mass is 35.5. The summed E-state index contributed by atoms with van der Waals surface area (Å²) in [6.45, 7) is 1.98. The third kappa shape index (κ3) is 3.67. The van der Waals surface area contributed by atoms with E-state index >= 15 is 0 Å². The zero-order valence-electron chi connectivity index (χ0n) is 16.5. The minimum Gasteiger partial charge on any atom is -0.497 e. The number of halogens is 1. The van der Waals surface area contributed by atoms with Crippen molar-refractivity contribution >= 4 is 40.4 Å². The molecule has 30 heavy (non-hydrogen) atoms. The van der Waals surface area contributed by atoms with E-state index in [2.05, 4.69) is 5.32 Å². The Morgan fingerprint density at radius 1 is 0.900 bits per heavy atom. The van der Waals surface area contributed by atoms with Gasteiger partial charge in [-0.05, 0) is 48.9 Å². The van der Waals surface area contributed by atoms with Gasteiger partial charge in [0, 0.05) is 16.8 Å². The van der Waals surface area contributed by atoms with Gasteiger partial charge in [-0.25, -0.2) is 4.90 Å². The van der Waals surface area contributed by atoms with Gasteiger partial charge in [0.15, 0.2) is 0 Å². The second-order valence-corrected chi connectivity index (χ2v) is 7.33. The number of nitrogens with one attached hydrogen (secondary N) is 1. The van der Waals surface area contributed by atoms with Gasteiger partial charge in [-0.2, -0.15) is 0 Å². The first-order valence-corrected chi connectivity index (χ1v) is 9.72. The molecule has 0 atom stereocenters. The fourth-order valence-electron chi connectivity index (χ4n) is 3.30. The third-order valence-corrected chi connectivity index (χ3v) is 5.10. The molecule has 3 aromatic carbocycles. The first kappa shape index (κ1) is 19.7. The Bertz CT molecular complexity index is 1150. The maximum atomic E-state index is 13.4. The summed E-state index contributed by atoms with van der Waals surface area (Å²) >= 11 is 6.01. The second-order valence-electron chi connectivity index (χ2n) is 6.90.